The van der Waals surface area contributed by atoms with Gasteiger partial charge in [-0.05, 0) is 37.5 Å². The zero-order valence-corrected chi connectivity index (χ0v) is 24.4. The van der Waals surface area contributed by atoms with E-state index in [1.54, 1.807) is 0 Å². The van der Waals surface area contributed by atoms with Crippen molar-refractivity contribution < 1.29 is 29.3 Å². The molecule has 0 heterocycles. The zero-order valence-electron chi connectivity index (χ0n) is 24.4. The van der Waals surface area contributed by atoms with Gasteiger partial charge in [0.1, 0.15) is 0 Å². The van der Waals surface area contributed by atoms with Crippen LogP contribution in [0.25, 0.3) is 0 Å². The molecule has 0 aromatic rings. The number of hydrogen-bond acceptors (Lipinski definition) is 6. The summed E-state index contributed by atoms with van der Waals surface area (Å²) in [5.74, 6) is 1.63. The topological polar surface area (TPSA) is 117 Å². The fourth-order valence-electron chi connectivity index (χ4n) is 4.24. The molecule has 4 N–H and O–H groups in total. The zero-order chi connectivity index (χ0) is 28.1. The van der Waals surface area contributed by atoms with Crippen LogP contribution in [-0.2, 0) is 19.1 Å². The molecule has 8 heteroatoms. The molecule has 0 aliphatic rings. The Morgan fingerprint density at radius 2 is 1.16 bits per heavy atom. The number of aliphatic hydroxyl groups excluding tert-OH is 2. The Labute approximate surface area is 232 Å². The summed E-state index contributed by atoms with van der Waals surface area (Å²) in [7, 11) is 0. The summed E-state index contributed by atoms with van der Waals surface area (Å²) in [5.41, 5.74) is 0. The summed E-state index contributed by atoms with van der Waals surface area (Å²) in [6.45, 7) is 7.26. The summed E-state index contributed by atoms with van der Waals surface area (Å²) >= 11 is 0. The Hall–Kier alpha value is -1.48. The second kappa shape index (κ2) is 28.5. The van der Waals surface area contributed by atoms with E-state index in [9.17, 15) is 9.59 Å². The molecule has 0 fully saturated rings. The Morgan fingerprint density at radius 1 is 0.658 bits per heavy atom. The molecule has 0 aromatic heterocycles. The van der Waals surface area contributed by atoms with Crippen LogP contribution in [0.1, 0.15) is 104 Å². The number of rotatable bonds is 28. The maximum Gasteiger partial charge on any atom is 0.220 e. The SMILES string of the molecule is CC(CC=CCCCC(=O)NCCOCCO)CCCCC(C)CCCCCCC(=O)NCCOCCO. The van der Waals surface area contributed by atoms with Gasteiger partial charge in [0.15, 0.2) is 0 Å². The Bertz CT molecular complexity index is 573. The van der Waals surface area contributed by atoms with Crippen molar-refractivity contribution in [2.45, 2.75) is 104 Å². The molecule has 0 spiro atoms. The van der Waals surface area contributed by atoms with Crippen LogP contribution in [0, 0.1) is 11.8 Å². The van der Waals surface area contributed by atoms with E-state index in [4.69, 9.17) is 19.7 Å². The van der Waals surface area contributed by atoms with Crippen molar-refractivity contribution in [1.29, 1.82) is 0 Å². The average Bonchev–Trinajstić information content (AvgIpc) is 2.90. The van der Waals surface area contributed by atoms with Crippen LogP contribution in [0.2, 0.25) is 0 Å². The van der Waals surface area contributed by atoms with Gasteiger partial charge in [-0.15, -0.1) is 0 Å². The second-order valence-corrected chi connectivity index (χ2v) is 10.4. The number of carbonyl (C=O) groups is 2. The van der Waals surface area contributed by atoms with Crippen molar-refractivity contribution >= 4 is 11.8 Å². The van der Waals surface area contributed by atoms with Crippen molar-refractivity contribution in [2.24, 2.45) is 11.8 Å². The van der Waals surface area contributed by atoms with E-state index in [1.165, 1.54) is 44.9 Å². The quantitative estimate of drug-likeness (QED) is 0.0853. The highest BCUT2D eigenvalue weighted by Gasteiger charge is 2.05. The molecule has 2 unspecified atom stereocenters. The van der Waals surface area contributed by atoms with E-state index >= 15 is 0 Å². The first kappa shape index (κ1) is 36.5. The van der Waals surface area contributed by atoms with Crippen LogP contribution in [0.3, 0.4) is 0 Å². The van der Waals surface area contributed by atoms with Crippen molar-refractivity contribution in [2.75, 3.05) is 52.7 Å². The predicted octanol–water partition coefficient (Wildman–Crippen LogP) is 4.53. The minimum absolute atomic E-state index is 0.0104. The van der Waals surface area contributed by atoms with Crippen LogP contribution < -0.4 is 10.6 Å². The first-order valence-corrected chi connectivity index (χ1v) is 15.0. The normalized spacial score (nSPS) is 13.1. The third-order valence-corrected chi connectivity index (χ3v) is 6.58. The van der Waals surface area contributed by atoms with Gasteiger partial charge in [-0.25, -0.2) is 0 Å². The van der Waals surface area contributed by atoms with Crippen molar-refractivity contribution in [3.63, 3.8) is 0 Å². The molecule has 0 bridgehead atoms. The molecular weight excluding hydrogens is 484 g/mol. The van der Waals surface area contributed by atoms with Crippen LogP contribution in [0.4, 0.5) is 0 Å². The Morgan fingerprint density at radius 3 is 1.74 bits per heavy atom. The maximum absolute atomic E-state index is 11.7. The van der Waals surface area contributed by atoms with Gasteiger partial charge < -0.3 is 30.3 Å². The molecule has 0 aliphatic carbocycles. The highest BCUT2D eigenvalue weighted by molar-refractivity contribution is 5.76. The summed E-state index contributed by atoms with van der Waals surface area (Å²) in [6, 6.07) is 0. The van der Waals surface area contributed by atoms with Gasteiger partial charge in [0.05, 0.1) is 39.6 Å². The Balaban J connectivity index is 3.50. The highest BCUT2D eigenvalue weighted by atomic mass is 16.5. The Kier molecular flexibility index (Phi) is 27.4. The highest BCUT2D eigenvalue weighted by Crippen LogP contribution is 2.20. The molecule has 0 rings (SSSR count). The number of ether oxygens (including phenoxy) is 2. The predicted molar refractivity (Wildman–Crippen MR) is 154 cm³/mol. The largest absolute Gasteiger partial charge is 0.394 e. The van der Waals surface area contributed by atoms with Gasteiger partial charge in [0, 0.05) is 25.9 Å². The molecule has 0 saturated carbocycles. The number of aliphatic hydroxyl groups is 2. The first-order valence-electron chi connectivity index (χ1n) is 15.0. The smallest absolute Gasteiger partial charge is 0.220 e. The third kappa shape index (κ3) is 27.6. The number of amides is 2. The van der Waals surface area contributed by atoms with Crippen molar-refractivity contribution in [3.8, 4) is 0 Å². The van der Waals surface area contributed by atoms with Gasteiger partial charge >= 0.3 is 0 Å². The lowest BCUT2D eigenvalue weighted by Crippen LogP contribution is -2.27. The number of nitrogens with one attached hydrogen (secondary N) is 2. The standard InChI is InChI=1S/C30H58N2O6/c1-27(13-7-3-5-9-17-29(35)31-19-23-37-25-21-33)15-11-12-16-28(2)14-8-4-6-10-18-30(36)32-20-24-38-26-22-34/h3,7,27-28,33-34H,4-6,8-26H2,1-2H3,(H,31,35)(H,32,36). The number of allylic oxidation sites excluding steroid dienone is 2. The van der Waals surface area contributed by atoms with Crippen LogP contribution in [-0.4, -0.2) is 74.8 Å². The molecule has 224 valence electrons. The molecule has 38 heavy (non-hydrogen) atoms. The number of carbonyl (C=O) groups excluding carboxylic acids is 2. The number of hydrogen-bond donors (Lipinski definition) is 4. The minimum Gasteiger partial charge on any atom is -0.394 e. The summed E-state index contributed by atoms with van der Waals surface area (Å²) in [4.78, 5) is 23.5. The van der Waals surface area contributed by atoms with E-state index in [1.807, 2.05) is 0 Å². The monoisotopic (exact) mass is 542 g/mol. The van der Waals surface area contributed by atoms with Crippen molar-refractivity contribution in [1.82, 2.24) is 10.6 Å². The van der Waals surface area contributed by atoms with E-state index < -0.39 is 0 Å². The molecule has 0 radical (unpaired) electrons. The average molecular weight is 543 g/mol. The molecular formula is C30H58N2O6. The molecule has 0 aromatic carbocycles. The van der Waals surface area contributed by atoms with Crippen LogP contribution in [0.15, 0.2) is 12.2 Å². The molecule has 2 amide bonds. The lowest BCUT2D eigenvalue weighted by molar-refractivity contribution is -0.122. The van der Waals surface area contributed by atoms with Crippen LogP contribution >= 0.6 is 0 Å². The van der Waals surface area contributed by atoms with E-state index in [0.29, 0.717) is 58.3 Å². The fourth-order valence-corrected chi connectivity index (χ4v) is 4.24. The third-order valence-electron chi connectivity index (χ3n) is 6.58. The molecule has 2 atom stereocenters. The summed E-state index contributed by atoms with van der Waals surface area (Å²) in [6.07, 6.45) is 19.5. The summed E-state index contributed by atoms with van der Waals surface area (Å²) < 4.78 is 10.2. The molecule has 0 aliphatic heterocycles. The van der Waals surface area contributed by atoms with Crippen LogP contribution in [0.5, 0.6) is 0 Å². The van der Waals surface area contributed by atoms with Gasteiger partial charge in [0.25, 0.3) is 0 Å². The van der Waals surface area contributed by atoms with E-state index in [-0.39, 0.29) is 25.0 Å². The van der Waals surface area contributed by atoms with E-state index in [0.717, 1.165) is 38.0 Å². The maximum atomic E-state index is 11.7. The second-order valence-electron chi connectivity index (χ2n) is 10.4. The molecule has 8 nitrogen and oxygen atoms in total. The lowest BCUT2D eigenvalue weighted by atomic mass is 9.94. The minimum atomic E-state index is 0.0104. The van der Waals surface area contributed by atoms with Gasteiger partial charge in [-0.1, -0.05) is 77.4 Å². The van der Waals surface area contributed by atoms with E-state index in [2.05, 4.69) is 36.6 Å². The lowest BCUT2D eigenvalue weighted by Gasteiger charge is -2.13. The van der Waals surface area contributed by atoms with Gasteiger partial charge in [0.2, 0.25) is 11.8 Å². The van der Waals surface area contributed by atoms with Gasteiger partial charge in [-0.3, -0.25) is 9.59 Å². The number of unbranched alkanes of at least 4 members (excludes halogenated alkanes) is 5. The molecule has 0 saturated heterocycles. The summed E-state index contributed by atoms with van der Waals surface area (Å²) in [5, 5.41) is 22.9. The van der Waals surface area contributed by atoms with Crippen molar-refractivity contribution in [3.05, 3.63) is 12.2 Å². The van der Waals surface area contributed by atoms with Gasteiger partial charge in [-0.2, -0.15) is 0 Å². The first-order chi connectivity index (χ1) is 18.5. The fraction of sp³-hybridized carbons (Fsp3) is 0.867.